The van der Waals surface area contributed by atoms with E-state index in [1.54, 1.807) is 0 Å². The third-order valence-electron chi connectivity index (χ3n) is 4.66. The maximum absolute atomic E-state index is 13.9. The molecular formula is C16H19Cl2FN4O. The van der Waals surface area contributed by atoms with Crippen LogP contribution in [0.25, 0.3) is 11.0 Å². The number of hydrogen-bond donors (Lipinski definition) is 1. The monoisotopic (exact) mass is 372 g/mol. The van der Waals surface area contributed by atoms with Crippen molar-refractivity contribution in [1.82, 2.24) is 20.2 Å². The van der Waals surface area contributed by atoms with Crippen LogP contribution in [0.3, 0.4) is 0 Å². The van der Waals surface area contributed by atoms with Crippen molar-refractivity contribution in [1.29, 1.82) is 0 Å². The molecule has 1 N–H and O–H groups in total. The minimum absolute atomic E-state index is 0. The number of halogens is 3. The average Bonchev–Trinajstić information content (AvgIpc) is 2.78. The van der Waals surface area contributed by atoms with E-state index in [0.29, 0.717) is 16.6 Å². The first-order chi connectivity index (χ1) is 10.7. The Morgan fingerprint density at radius 1 is 1.12 bits per heavy atom. The summed E-state index contributed by atoms with van der Waals surface area (Å²) in [6.45, 7) is 1.73. The molecule has 2 fully saturated rings. The minimum Gasteiger partial charge on any atom is -0.331 e. The predicted octanol–water partition coefficient (Wildman–Crippen LogP) is 2.58. The van der Waals surface area contributed by atoms with Crippen LogP contribution in [0.4, 0.5) is 4.39 Å². The molecule has 2 bridgehead atoms. The molecule has 2 atom stereocenters. The van der Waals surface area contributed by atoms with Crippen LogP contribution in [0.2, 0.25) is 0 Å². The molecule has 1 aromatic carbocycles. The molecule has 2 saturated heterocycles. The fourth-order valence-electron chi connectivity index (χ4n) is 3.66. The van der Waals surface area contributed by atoms with E-state index in [4.69, 9.17) is 0 Å². The Morgan fingerprint density at radius 2 is 1.88 bits per heavy atom. The molecule has 8 heteroatoms. The van der Waals surface area contributed by atoms with Gasteiger partial charge in [-0.25, -0.2) is 4.39 Å². The largest absolute Gasteiger partial charge is 0.331 e. The lowest BCUT2D eigenvalue weighted by atomic mass is 10.1. The second-order valence-corrected chi connectivity index (χ2v) is 5.97. The third kappa shape index (κ3) is 3.18. The van der Waals surface area contributed by atoms with Crippen molar-refractivity contribution in [3.8, 4) is 0 Å². The number of benzene rings is 1. The van der Waals surface area contributed by atoms with Gasteiger partial charge in [0.05, 0.1) is 11.1 Å². The SMILES string of the molecule is Cl.Cl.O=C(c1cc(F)cc2nccnc12)N1C2CCNCC1CC2. The first-order valence-electron chi connectivity index (χ1n) is 7.67. The van der Waals surface area contributed by atoms with E-state index >= 15 is 0 Å². The molecule has 1 amide bonds. The van der Waals surface area contributed by atoms with Gasteiger partial charge in [-0.1, -0.05) is 0 Å². The normalized spacial score (nSPS) is 22.5. The number of amides is 1. The summed E-state index contributed by atoms with van der Waals surface area (Å²) in [6.07, 6.45) is 6.02. The van der Waals surface area contributed by atoms with Crippen molar-refractivity contribution in [2.24, 2.45) is 0 Å². The maximum atomic E-state index is 13.9. The van der Waals surface area contributed by atoms with Gasteiger partial charge in [0.15, 0.2) is 0 Å². The van der Waals surface area contributed by atoms with Crippen LogP contribution in [0.5, 0.6) is 0 Å². The first kappa shape index (κ1) is 18.8. The highest BCUT2D eigenvalue weighted by Gasteiger charge is 2.39. The van der Waals surface area contributed by atoms with E-state index in [0.717, 1.165) is 32.4 Å². The van der Waals surface area contributed by atoms with Gasteiger partial charge in [0.25, 0.3) is 5.91 Å². The van der Waals surface area contributed by atoms with Crippen LogP contribution in [0.15, 0.2) is 24.5 Å². The number of fused-ring (bicyclic) bond motifs is 3. The number of carbonyl (C=O) groups excluding carboxylic acids is 1. The topological polar surface area (TPSA) is 58.1 Å². The Balaban J connectivity index is 0.00000104. The highest BCUT2D eigenvalue weighted by molar-refractivity contribution is 6.05. The maximum Gasteiger partial charge on any atom is 0.256 e. The molecule has 4 rings (SSSR count). The Hall–Kier alpha value is -1.50. The second kappa shape index (κ2) is 7.59. The molecule has 2 aliphatic heterocycles. The molecule has 5 nitrogen and oxygen atoms in total. The van der Waals surface area contributed by atoms with E-state index in [2.05, 4.69) is 15.3 Å². The summed E-state index contributed by atoms with van der Waals surface area (Å²) in [4.78, 5) is 23.3. The van der Waals surface area contributed by atoms with Crippen LogP contribution < -0.4 is 5.32 Å². The lowest BCUT2D eigenvalue weighted by molar-refractivity contribution is 0.0681. The summed E-state index contributed by atoms with van der Waals surface area (Å²) in [5.41, 5.74) is 1.22. The van der Waals surface area contributed by atoms with E-state index in [1.807, 2.05) is 4.90 Å². The average molecular weight is 373 g/mol. The molecule has 2 aromatic rings. The number of hydrogen-bond acceptors (Lipinski definition) is 4. The van der Waals surface area contributed by atoms with Crippen molar-refractivity contribution in [2.45, 2.75) is 31.3 Å². The van der Waals surface area contributed by atoms with E-state index < -0.39 is 5.82 Å². The molecule has 130 valence electrons. The minimum atomic E-state index is -0.448. The Kier molecular flexibility index (Phi) is 5.96. The zero-order valence-corrected chi connectivity index (χ0v) is 14.6. The van der Waals surface area contributed by atoms with E-state index in [1.165, 1.54) is 24.5 Å². The zero-order chi connectivity index (χ0) is 15.1. The van der Waals surface area contributed by atoms with Crippen molar-refractivity contribution in [2.75, 3.05) is 13.1 Å². The number of carbonyl (C=O) groups is 1. The quantitative estimate of drug-likeness (QED) is 0.835. The number of nitrogens with one attached hydrogen (secondary N) is 1. The van der Waals surface area contributed by atoms with Gasteiger partial charge < -0.3 is 10.2 Å². The summed E-state index contributed by atoms with van der Waals surface area (Å²) in [6, 6.07) is 3.03. The van der Waals surface area contributed by atoms with Gasteiger partial charge in [-0.15, -0.1) is 24.8 Å². The molecule has 0 radical (unpaired) electrons. The predicted molar refractivity (Wildman–Crippen MR) is 94.5 cm³/mol. The molecule has 3 heterocycles. The standard InChI is InChI=1S/C16H17FN4O.2ClH/c17-10-7-13(15-14(8-10)19-5-6-20-15)16(22)21-11-1-2-12(21)9-18-4-3-11;;/h5-8,11-12,18H,1-4,9H2;2*1H. The van der Waals surface area contributed by atoms with Gasteiger partial charge in [0, 0.05) is 37.1 Å². The van der Waals surface area contributed by atoms with Gasteiger partial charge in [-0.3, -0.25) is 14.8 Å². The van der Waals surface area contributed by atoms with Crippen LogP contribution in [0, 0.1) is 5.82 Å². The van der Waals surface area contributed by atoms with Crippen LogP contribution in [-0.2, 0) is 0 Å². The van der Waals surface area contributed by atoms with Crippen LogP contribution >= 0.6 is 24.8 Å². The molecule has 0 saturated carbocycles. The fraction of sp³-hybridized carbons (Fsp3) is 0.438. The van der Waals surface area contributed by atoms with E-state index in [9.17, 15) is 9.18 Å². The molecule has 2 aliphatic rings. The Bertz CT molecular complexity index is 731. The number of aromatic nitrogens is 2. The first-order valence-corrected chi connectivity index (χ1v) is 7.67. The van der Waals surface area contributed by atoms with Crippen molar-refractivity contribution in [3.05, 3.63) is 35.9 Å². The molecule has 1 aromatic heterocycles. The molecule has 0 spiro atoms. The number of nitrogens with zero attached hydrogens (tertiary/aromatic N) is 3. The van der Waals surface area contributed by atoms with Gasteiger partial charge in [-0.05, 0) is 31.9 Å². The number of rotatable bonds is 1. The van der Waals surface area contributed by atoms with Gasteiger partial charge in [-0.2, -0.15) is 0 Å². The van der Waals surface area contributed by atoms with Crippen LogP contribution in [0.1, 0.15) is 29.6 Å². The van der Waals surface area contributed by atoms with Gasteiger partial charge in [0.1, 0.15) is 11.3 Å². The highest BCUT2D eigenvalue weighted by Crippen LogP contribution is 2.31. The summed E-state index contributed by atoms with van der Waals surface area (Å²) in [5, 5.41) is 3.37. The summed E-state index contributed by atoms with van der Waals surface area (Å²) in [7, 11) is 0. The summed E-state index contributed by atoms with van der Waals surface area (Å²) < 4.78 is 13.9. The zero-order valence-electron chi connectivity index (χ0n) is 12.9. The van der Waals surface area contributed by atoms with Crippen molar-refractivity contribution < 1.29 is 9.18 Å². The summed E-state index contributed by atoms with van der Waals surface area (Å²) in [5.74, 6) is -0.571. The third-order valence-corrected chi connectivity index (χ3v) is 4.66. The summed E-state index contributed by atoms with van der Waals surface area (Å²) >= 11 is 0. The highest BCUT2D eigenvalue weighted by atomic mass is 35.5. The van der Waals surface area contributed by atoms with Crippen LogP contribution in [-0.4, -0.2) is 45.9 Å². The van der Waals surface area contributed by atoms with E-state index in [-0.39, 0.29) is 42.8 Å². The lowest BCUT2D eigenvalue weighted by Gasteiger charge is -2.28. The van der Waals surface area contributed by atoms with Gasteiger partial charge in [0.2, 0.25) is 0 Å². The van der Waals surface area contributed by atoms with Crippen molar-refractivity contribution >= 4 is 41.8 Å². The molecular weight excluding hydrogens is 354 g/mol. The van der Waals surface area contributed by atoms with Crippen molar-refractivity contribution in [3.63, 3.8) is 0 Å². The Morgan fingerprint density at radius 3 is 2.71 bits per heavy atom. The smallest absolute Gasteiger partial charge is 0.256 e. The molecule has 24 heavy (non-hydrogen) atoms. The van der Waals surface area contributed by atoms with Gasteiger partial charge >= 0.3 is 0 Å². The second-order valence-electron chi connectivity index (χ2n) is 5.97. The molecule has 0 aliphatic carbocycles. The fourth-order valence-corrected chi connectivity index (χ4v) is 3.66. The lowest BCUT2D eigenvalue weighted by Crippen LogP contribution is -2.42. The molecule has 2 unspecified atom stereocenters. The Labute approximate surface area is 151 Å².